The lowest BCUT2D eigenvalue weighted by molar-refractivity contribution is 0.686. The Morgan fingerprint density at radius 1 is 0.309 bits per heavy atom. The van der Waals surface area contributed by atoms with Gasteiger partial charge in [-0.3, -0.25) is 0 Å². The minimum atomic E-state index is -0.554. The highest BCUT2D eigenvalue weighted by molar-refractivity contribution is 6.14. The van der Waals surface area contributed by atoms with E-state index in [0.717, 1.165) is 29.9 Å². The molecule has 0 amide bonds. The molecule has 0 bridgehead atoms. The van der Waals surface area contributed by atoms with E-state index in [2.05, 4.69) is 254 Å². The summed E-state index contributed by atoms with van der Waals surface area (Å²) in [6.45, 7) is 0. The van der Waals surface area contributed by atoms with Crippen molar-refractivity contribution in [2.24, 2.45) is 0 Å². The standard InChI is InChI=1S/C67H49N/c1-4-18-46(19-5-1)48-34-38-55(39-35-48)68(56-40-36-49(37-41-56)61-43-51-22-12-13-27-57(51)58-28-14-15-29-59(58)61)66-45-65-63(44-62(66)52-33-32-47-20-10-11-21-50(47)42-52)60-30-16-17-31-64(60)67(65,53-23-6-2-7-24-53)54-25-8-3-9-26-54/h1-9,12-19,22-45H,10-11,20-21H2. The zero-order chi connectivity index (χ0) is 45.0. The van der Waals surface area contributed by atoms with E-state index in [1.165, 1.54) is 112 Å². The lowest BCUT2D eigenvalue weighted by Crippen LogP contribution is -2.28. The van der Waals surface area contributed by atoms with Crippen molar-refractivity contribution < 1.29 is 0 Å². The third-order valence-electron chi connectivity index (χ3n) is 14.9. The molecule has 11 aromatic carbocycles. The second-order valence-corrected chi connectivity index (χ2v) is 18.6. The van der Waals surface area contributed by atoms with Gasteiger partial charge in [-0.1, -0.05) is 206 Å². The Kier molecular flexibility index (Phi) is 9.75. The van der Waals surface area contributed by atoms with Crippen LogP contribution in [0.2, 0.25) is 0 Å². The van der Waals surface area contributed by atoms with Crippen LogP contribution in [0, 0.1) is 0 Å². The summed E-state index contributed by atoms with van der Waals surface area (Å²) in [6, 6.07) is 93.1. The van der Waals surface area contributed by atoms with Gasteiger partial charge < -0.3 is 4.90 Å². The van der Waals surface area contributed by atoms with E-state index in [9.17, 15) is 0 Å². The van der Waals surface area contributed by atoms with Gasteiger partial charge in [0.1, 0.15) is 0 Å². The monoisotopic (exact) mass is 867 g/mol. The minimum Gasteiger partial charge on any atom is -0.310 e. The SMILES string of the molecule is c1ccc(-c2ccc(N(c3ccc(-c4cc5ccccc5c5ccccc45)cc3)c3cc4c(cc3-c3ccc5c(c3)CCCC5)-c3ccccc3C4(c3ccccc3)c3ccccc3)cc2)cc1. The highest BCUT2D eigenvalue weighted by atomic mass is 15.1. The maximum Gasteiger partial charge on any atom is 0.0714 e. The van der Waals surface area contributed by atoms with Crippen molar-refractivity contribution in [3.63, 3.8) is 0 Å². The van der Waals surface area contributed by atoms with E-state index in [0.29, 0.717) is 0 Å². The molecule has 2 aliphatic rings. The summed E-state index contributed by atoms with van der Waals surface area (Å²) in [5, 5.41) is 5.07. The molecule has 0 aromatic heterocycles. The average molecular weight is 868 g/mol. The van der Waals surface area contributed by atoms with Crippen LogP contribution in [0.25, 0.3) is 66.1 Å². The van der Waals surface area contributed by atoms with Crippen molar-refractivity contribution in [1.29, 1.82) is 0 Å². The molecule has 0 saturated heterocycles. The van der Waals surface area contributed by atoms with Crippen molar-refractivity contribution in [2.45, 2.75) is 31.1 Å². The maximum absolute atomic E-state index is 2.56. The van der Waals surface area contributed by atoms with Gasteiger partial charge in [0, 0.05) is 16.9 Å². The molecule has 13 rings (SSSR count). The van der Waals surface area contributed by atoms with Crippen LogP contribution in [0.15, 0.2) is 249 Å². The molecule has 0 heterocycles. The van der Waals surface area contributed by atoms with E-state index in [1.54, 1.807) is 0 Å². The summed E-state index contributed by atoms with van der Waals surface area (Å²) in [7, 11) is 0. The molecule has 1 heteroatoms. The van der Waals surface area contributed by atoms with Gasteiger partial charge in [-0.15, -0.1) is 0 Å². The highest BCUT2D eigenvalue weighted by Gasteiger charge is 2.47. The maximum atomic E-state index is 2.56. The fraction of sp³-hybridized carbons (Fsp3) is 0.0746. The lowest BCUT2D eigenvalue weighted by atomic mass is 9.67. The minimum absolute atomic E-state index is 0.554. The Morgan fingerprint density at radius 2 is 0.853 bits per heavy atom. The molecule has 0 unspecified atom stereocenters. The Hall–Kier alpha value is -8.26. The van der Waals surface area contributed by atoms with Crippen LogP contribution in [-0.4, -0.2) is 0 Å². The zero-order valence-electron chi connectivity index (χ0n) is 37.9. The third kappa shape index (κ3) is 6.53. The van der Waals surface area contributed by atoms with Crippen LogP contribution in [0.3, 0.4) is 0 Å². The van der Waals surface area contributed by atoms with Gasteiger partial charge in [0.15, 0.2) is 0 Å². The van der Waals surface area contributed by atoms with Crippen molar-refractivity contribution in [2.75, 3.05) is 4.90 Å². The van der Waals surface area contributed by atoms with Crippen LogP contribution in [0.1, 0.15) is 46.2 Å². The quantitative estimate of drug-likeness (QED) is 0.138. The summed E-state index contributed by atoms with van der Waals surface area (Å²) in [5.74, 6) is 0. The van der Waals surface area contributed by atoms with Gasteiger partial charge >= 0.3 is 0 Å². The van der Waals surface area contributed by atoms with Gasteiger partial charge in [0.25, 0.3) is 0 Å². The van der Waals surface area contributed by atoms with Crippen LogP contribution in [0.4, 0.5) is 17.1 Å². The van der Waals surface area contributed by atoms with E-state index in [1.807, 2.05) is 0 Å². The summed E-state index contributed by atoms with van der Waals surface area (Å²) in [5.41, 5.74) is 20.8. The topological polar surface area (TPSA) is 3.24 Å². The van der Waals surface area contributed by atoms with Crippen molar-refractivity contribution in [1.82, 2.24) is 0 Å². The van der Waals surface area contributed by atoms with Gasteiger partial charge in [-0.25, -0.2) is 0 Å². The predicted molar refractivity (Wildman–Crippen MR) is 286 cm³/mol. The molecule has 0 saturated carbocycles. The number of hydrogen-bond acceptors (Lipinski definition) is 1. The van der Waals surface area contributed by atoms with E-state index in [4.69, 9.17) is 0 Å². The van der Waals surface area contributed by atoms with E-state index >= 15 is 0 Å². The first kappa shape index (κ1) is 40.1. The fourth-order valence-electron chi connectivity index (χ4n) is 11.7. The molecule has 0 aliphatic heterocycles. The molecule has 0 fully saturated rings. The molecule has 2 aliphatic carbocycles. The van der Waals surface area contributed by atoms with Gasteiger partial charge in [-0.05, 0) is 162 Å². The number of nitrogens with zero attached hydrogens (tertiary/aromatic N) is 1. The van der Waals surface area contributed by atoms with Crippen molar-refractivity contribution >= 4 is 38.6 Å². The smallest absolute Gasteiger partial charge is 0.0714 e. The second-order valence-electron chi connectivity index (χ2n) is 18.6. The molecule has 0 N–H and O–H groups in total. The number of rotatable bonds is 8. The summed E-state index contributed by atoms with van der Waals surface area (Å²) < 4.78 is 0. The summed E-state index contributed by atoms with van der Waals surface area (Å²) >= 11 is 0. The van der Waals surface area contributed by atoms with Crippen molar-refractivity contribution in [3.8, 4) is 44.5 Å². The number of hydrogen-bond donors (Lipinski definition) is 0. The molecule has 0 radical (unpaired) electrons. The first-order valence-corrected chi connectivity index (χ1v) is 24.2. The third-order valence-corrected chi connectivity index (χ3v) is 14.9. The number of fused-ring (bicyclic) bond motifs is 7. The first-order chi connectivity index (χ1) is 33.7. The second kappa shape index (κ2) is 16.6. The molecule has 11 aromatic rings. The molecular formula is C67H49N. The normalized spacial score (nSPS) is 13.5. The Labute approximate surface area is 399 Å². The molecule has 0 spiro atoms. The first-order valence-electron chi connectivity index (χ1n) is 24.2. The van der Waals surface area contributed by atoms with Crippen LogP contribution < -0.4 is 4.90 Å². The molecule has 1 nitrogen and oxygen atoms in total. The van der Waals surface area contributed by atoms with E-state index < -0.39 is 5.41 Å². The van der Waals surface area contributed by atoms with Gasteiger partial charge in [-0.2, -0.15) is 0 Å². The molecule has 0 atom stereocenters. The van der Waals surface area contributed by atoms with Gasteiger partial charge in [0.05, 0.1) is 11.1 Å². The molecule has 322 valence electrons. The molecule has 68 heavy (non-hydrogen) atoms. The van der Waals surface area contributed by atoms with E-state index in [-0.39, 0.29) is 0 Å². The summed E-state index contributed by atoms with van der Waals surface area (Å²) in [4.78, 5) is 2.52. The van der Waals surface area contributed by atoms with Crippen LogP contribution in [-0.2, 0) is 18.3 Å². The zero-order valence-corrected chi connectivity index (χ0v) is 37.9. The number of benzene rings is 11. The number of aryl methyl sites for hydroxylation is 2. The largest absolute Gasteiger partial charge is 0.310 e. The highest BCUT2D eigenvalue weighted by Crippen LogP contribution is 2.59. The fourth-order valence-corrected chi connectivity index (χ4v) is 11.7. The van der Waals surface area contributed by atoms with Crippen molar-refractivity contribution in [3.05, 3.63) is 282 Å². The summed E-state index contributed by atoms with van der Waals surface area (Å²) in [6.07, 6.45) is 4.75. The van der Waals surface area contributed by atoms with Crippen LogP contribution >= 0.6 is 0 Å². The average Bonchev–Trinajstić information content (AvgIpc) is 3.71. The number of anilines is 3. The lowest BCUT2D eigenvalue weighted by Gasteiger charge is -2.35. The molecular weight excluding hydrogens is 819 g/mol. The Balaban J connectivity index is 1.09. The van der Waals surface area contributed by atoms with Crippen LogP contribution in [0.5, 0.6) is 0 Å². The Bertz CT molecular complexity index is 3610. The van der Waals surface area contributed by atoms with Gasteiger partial charge in [0.2, 0.25) is 0 Å². The Morgan fingerprint density at radius 3 is 1.56 bits per heavy atom. The predicted octanol–water partition coefficient (Wildman–Crippen LogP) is 17.7.